The largest absolute Gasteiger partial charge is 0.354 e. The van der Waals surface area contributed by atoms with E-state index in [0.717, 1.165) is 25.7 Å². The number of ether oxygens (including phenoxy) is 1. The molecule has 1 saturated heterocycles. The summed E-state index contributed by atoms with van der Waals surface area (Å²) in [6, 6.07) is 0. The molecule has 0 N–H and O–H groups in total. The summed E-state index contributed by atoms with van der Waals surface area (Å²) in [5.74, 6) is 2.06. The van der Waals surface area contributed by atoms with Crippen LogP contribution >= 0.6 is 0 Å². The zero-order valence-electron chi connectivity index (χ0n) is 16.6. The number of rotatable bonds is 1. The summed E-state index contributed by atoms with van der Waals surface area (Å²) >= 11 is 0. The van der Waals surface area contributed by atoms with Crippen LogP contribution in [0.3, 0.4) is 0 Å². The van der Waals surface area contributed by atoms with Crippen molar-refractivity contribution in [3.8, 4) is 0 Å². The van der Waals surface area contributed by atoms with Crippen molar-refractivity contribution >= 4 is 11.6 Å². The Morgan fingerprint density at radius 2 is 1.92 bits per heavy atom. The third-order valence-corrected chi connectivity index (χ3v) is 9.21. The second-order valence-corrected chi connectivity index (χ2v) is 10.3. The van der Waals surface area contributed by atoms with Crippen molar-refractivity contribution in [2.75, 3.05) is 0 Å². The van der Waals surface area contributed by atoms with E-state index in [1.807, 2.05) is 6.08 Å². The Kier molecular flexibility index (Phi) is 2.99. The number of fused-ring (bicyclic) bond motifs is 7. The van der Waals surface area contributed by atoms with E-state index in [-0.39, 0.29) is 28.0 Å². The molecule has 3 nitrogen and oxygen atoms in total. The van der Waals surface area contributed by atoms with Gasteiger partial charge in [-0.05, 0) is 81.3 Å². The average Bonchev–Trinajstić information content (AvgIpc) is 3.14. The number of allylic oxidation sites excluding steroid dienone is 4. The quantitative estimate of drug-likeness (QED) is 0.655. The maximum absolute atomic E-state index is 12.6. The molecule has 1 aliphatic heterocycles. The summed E-state index contributed by atoms with van der Waals surface area (Å²) < 4.78 is 6.19. The van der Waals surface area contributed by atoms with Gasteiger partial charge >= 0.3 is 0 Å². The van der Waals surface area contributed by atoms with E-state index < -0.39 is 5.60 Å². The zero-order valence-corrected chi connectivity index (χ0v) is 16.6. The van der Waals surface area contributed by atoms with Crippen molar-refractivity contribution in [2.45, 2.75) is 77.9 Å². The molecule has 7 atom stereocenters. The molecule has 0 aromatic carbocycles. The molecule has 5 rings (SSSR count). The Morgan fingerprint density at radius 1 is 1.19 bits per heavy atom. The van der Waals surface area contributed by atoms with E-state index in [1.165, 1.54) is 11.1 Å². The summed E-state index contributed by atoms with van der Waals surface area (Å²) in [4.78, 5) is 24.7. The molecule has 3 fully saturated rings. The predicted molar refractivity (Wildman–Crippen MR) is 99.5 cm³/mol. The minimum atomic E-state index is -0.559. The van der Waals surface area contributed by atoms with E-state index in [2.05, 4.69) is 33.8 Å². The summed E-state index contributed by atoms with van der Waals surface area (Å²) in [6.45, 7) is 10.8. The maximum atomic E-state index is 12.6. The van der Waals surface area contributed by atoms with Gasteiger partial charge in [0, 0.05) is 11.8 Å². The normalized spacial score (nSPS) is 54.3. The highest BCUT2D eigenvalue weighted by atomic mass is 16.6. The topological polar surface area (TPSA) is 46.7 Å². The lowest BCUT2D eigenvalue weighted by atomic mass is 9.47. The van der Waals surface area contributed by atoms with E-state index in [9.17, 15) is 9.59 Å². The van der Waals surface area contributed by atoms with E-state index in [0.29, 0.717) is 24.2 Å². The highest BCUT2D eigenvalue weighted by Crippen LogP contribution is 2.77. The monoisotopic (exact) mass is 354 g/mol. The molecular formula is C23H30O3. The molecule has 0 radical (unpaired) electrons. The first-order chi connectivity index (χ1) is 12.1. The van der Waals surface area contributed by atoms with Crippen molar-refractivity contribution in [3.63, 3.8) is 0 Å². The molecule has 0 bridgehead atoms. The van der Waals surface area contributed by atoms with Crippen LogP contribution in [-0.2, 0) is 14.3 Å². The lowest BCUT2D eigenvalue weighted by Gasteiger charge is -2.57. The van der Waals surface area contributed by atoms with Crippen molar-refractivity contribution in [1.82, 2.24) is 0 Å². The van der Waals surface area contributed by atoms with Crippen LogP contribution in [0.4, 0.5) is 0 Å². The summed E-state index contributed by atoms with van der Waals surface area (Å²) in [5, 5.41) is 0. The van der Waals surface area contributed by atoms with Crippen LogP contribution in [0.15, 0.2) is 23.3 Å². The summed E-state index contributed by atoms with van der Waals surface area (Å²) in [6.07, 6.45) is 9.18. The molecule has 4 aliphatic carbocycles. The van der Waals surface area contributed by atoms with Gasteiger partial charge < -0.3 is 4.74 Å². The van der Waals surface area contributed by atoms with Gasteiger partial charge in [0.25, 0.3) is 0 Å². The number of hydrogen-bond donors (Lipinski definition) is 0. The molecule has 140 valence electrons. The van der Waals surface area contributed by atoms with Gasteiger partial charge in [-0.15, -0.1) is 0 Å². The third kappa shape index (κ3) is 1.62. The highest BCUT2D eigenvalue weighted by molar-refractivity contribution is 5.93. The van der Waals surface area contributed by atoms with Gasteiger partial charge in [0.2, 0.25) is 0 Å². The fraction of sp³-hybridized carbons (Fsp3) is 0.739. The minimum absolute atomic E-state index is 0.0619. The Balaban J connectivity index is 1.62. The van der Waals surface area contributed by atoms with Gasteiger partial charge in [0.05, 0.1) is 0 Å². The molecule has 0 aromatic rings. The number of ketones is 2. The first-order valence-corrected chi connectivity index (χ1v) is 10.2. The van der Waals surface area contributed by atoms with Gasteiger partial charge in [-0.2, -0.15) is 0 Å². The molecule has 0 spiro atoms. The molecule has 26 heavy (non-hydrogen) atoms. The van der Waals surface area contributed by atoms with Gasteiger partial charge in [0.15, 0.2) is 17.2 Å². The first-order valence-electron chi connectivity index (χ1n) is 10.2. The number of carbonyl (C=O) groups excluding carboxylic acids is 2. The Hall–Kier alpha value is -1.22. The van der Waals surface area contributed by atoms with Crippen molar-refractivity contribution in [2.24, 2.45) is 28.6 Å². The number of Topliss-reactive ketones (excluding diaryl/α,β-unsaturated/α-hetero) is 1. The Labute approximate surface area is 156 Å². The Bertz CT molecular complexity index is 806. The lowest BCUT2D eigenvalue weighted by molar-refractivity contribution is -0.133. The number of epoxide rings is 1. The Morgan fingerprint density at radius 3 is 2.62 bits per heavy atom. The highest BCUT2D eigenvalue weighted by Gasteiger charge is 2.85. The van der Waals surface area contributed by atoms with Crippen LogP contribution in [0, 0.1) is 28.6 Å². The second-order valence-electron chi connectivity index (χ2n) is 10.3. The van der Waals surface area contributed by atoms with Gasteiger partial charge in [-0.25, -0.2) is 0 Å². The lowest BCUT2D eigenvalue weighted by Crippen LogP contribution is -2.53. The maximum Gasteiger partial charge on any atom is 0.165 e. The molecular weight excluding hydrogens is 324 g/mol. The zero-order chi connectivity index (χ0) is 18.7. The third-order valence-electron chi connectivity index (χ3n) is 9.21. The predicted octanol–water partition coefficient (Wildman–Crippen LogP) is 4.41. The van der Waals surface area contributed by atoms with Crippen molar-refractivity contribution in [3.05, 3.63) is 23.3 Å². The van der Waals surface area contributed by atoms with Crippen LogP contribution in [0.1, 0.15) is 66.7 Å². The van der Waals surface area contributed by atoms with Crippen LogP contribution in [0.2, 0.25) is 0 Å². The molecule has 0 amide bonds. The average molecular weight is 354 g/mol. The van der Waals surface area contributed by atoms with Gasteiger partial charge in [-0.3, -0.25) is 9.59 Å². The first kappa shape index (κ1) is 16.9. The van der Waals surface area contributed by atoms with E-state index >= 15 is 0 Å². The number of carbonyl (C=O) groups is 2. The van der Waals surface area contributed by atoms with E-state index in [1.54, 1.807) is 6.92 Å². The van der Waals surface area contributed by atoms with Gasteiger partial charge in [0.1, 0.15) is 5.60 Å². The second kappa shape index (κ2) is 4.60. The van der Waals surface area contributed by atoms with Crippen LogP contribution in [0.5, 0.6) is 0 Å². The molecule has 1 heterocycles. The molecule has 1 unspecified atom stereocenters. The van der Waals surface area contributed by atoms with Gasteiger partial charge in [-0.1, -0.05) is 25.5 Å². The van der Waals surface area contributed by atoms with Crippen LogP contribution < -0.4 is 0 Å². The fourth-order valence-electron chi connectivity index (χ4n) is 8.04. The minimum Gasteiger partial charge on any atom is -0.354 e. The standard InChI is InChI=1S/C23H30O3/c1-13-10-16-17(20(3)8-6-15(25)11-18(13)20)7-9-21(4)19(16)12-22(5)23(21,26-22)14(2)24/h10-11,16-17,19H,6-9,12H2,1-5H3/t16-,17+,19+,20-,21+,22?,23+/m1/s1. The fourth-order valence-corrected chi connectivity index (χ4v) is 8.04. The molecule has 0 aromatic heterocycles. The molecule has 2 saturated carbocycles. The van der Waals surface area contributed by atoms with E-state index in [4.69, 9.17) is 4.74 Å². The molecule has 5 aliphatic rings. The summed E-state index contributed by atoms with van der Waals surface area (Å²) in [7, 11) is 0. The number of hydrogen-bond acceptors (Lipinski definition) is 3. The smallest absolute Gasteiger partial charge is 0.165 e. The summed E-state index contributed by atoms with van der Waals surface area (Å²) in [5.41, 5.74) is 1.79. The van der Waals surface area contributed by atoms with Crippen molar-refractivity contribution in [1.29, 1.82) is 0 Å². The van der Waals surface area contributed by atoms with Crippen LogP contribution in [-0.4, -0.2) is 22.8 Å². The van der Waals surface area contributed by atoms with Crippen LogP contribution in [0.25, 0.3) is 0 Å². The SMILES string of the molecule is CC(=O)[C@@]12OC1(C)C[C@H]1[C@@H]3C=C(C)C4=CC(=O)CC[C@]4(C)[C@H]3CC[C@@]12C. The molecule has 3 heteroatoms. The van der Waals surface area contributed by atoms with Crippen molar-refractivity contribution < 1.29 is 14.3 Å².